The van der Waals surface area contributed by atoms with Crippen LogP contribution in [0.3, 0.4) is 0 Å². The van der Waals surface area contributed by atoms with Crippen molar-refractivity contribution >= 4 is 52.2 Å². The lowest BCUT2D eigenvalue weighted by molar-refractivity contribution is -0.140. The number of halogens is 6. The van der Waals surface area contributed by atoms with Crippen LogP contribution < -0.4 is 4.74 Å². The summed E-state index contributed by atoms with van der Waals surface area (Å²) >= 11 is 24.1. The molecule has 11 heteroatoms. The third-order valence-electron chi connectivity index (χ3n) is 9.17. The van der Waals surface area contributed by atoms with E-state index < -0.39 is 18.1 Å². The number of aliphatic hydroxyl groups excluding tert-OH is 1. The van der Waals surface area contributed by atoms with Crippen molar-refractivity contribution in [1.29, 1.82) is 0 Å². The molecule has 0 atom stereocenters. The second kappa shape index (κ2) is 21.7. The van der Waals surface area contributed by atoms with E-state index >= 15 is 0 Å². The topological polar surface area (TPSA) is 53.0 Å². The van der Waals surface area contributed by atoms with Crippen LogP contribution in [0.5, 0.6) is 5.75 Å². The van der Waals surface area contributed by atoms with Gasteiger partial charge < -0.3 is 19.6 Å². The van der Waals surface area contributed by atoms with Gasteiger partial charge in [-0.05, 0) is 103 Å². The minimum atomic E-state index is -3.35. The zero-order valence-corrected chi connectivity index (χ0v) is 34.1. The number of carbonyl (C=O) groups is 1. The molecule has 0 aliphatic carbocycles. The lowest BCUT2D eigenvalue weighted by Crippen LogP contribution is -2.29. The Kier molecular flexibility index (Phi) is 17.4. The fourth-order valence-corrected chi connectivity index (χ4v) is 6.47. The Morgan fingerprint density at radius 2 is 0.964 bits per heavy atom. The second-order valence-corrected chi connectivity index (χ2v) is 15.2. The van der Waals surface area contributed by atoms with Crippen LogP contribution in [0.15, 0.2) is 121 Å². The molecule has 292 valence electrons. The molecule has 5 aromatic rings. The van der Waals surface area contributed by atoms with E-state index in [1.807, 2.05) is 111 Å². The van der Waals surface area contributed by atoms with Gasteiger partial charge in [-0.15, -0.1) is 0 Å². The van der Waals surface area contributed by atoms with Gasteiger partial charge in [-0.3, -0.25) is 4.79 Å². The number of alkyl halides is 2. The zero-order chi connectivity index (χ0) is 40.0. The number of rotatable bonds is 17. The predicted octanol–water partition coefficient (Wildman–Crippen LogP) is 11.0. The van der Waals surface area contributed by atoms with Crippen LogP contribution in [0, 0.1) is 0 Å². The van der Waals surface area contributed by atoms with Gasteiger partial charge in [-0.1, -0.05) is 107 Å². The molecule has 5 rings (SSSR count). The number of Topliss-reactive ketones (excluding diaryl/α,β-unsaturated/α-hetero) is 1. The lowest BCUT2D eigenvalue weighted by atomic mass is 9.91. The van der Waals surface area contributed by atoms with E-state index in [0.717, 1.165) is 41.2 Å². The highest BCUT2D eigenvalue weighted by Crippen LogP contribution is 2.30. The molecule has 0 heterocycles. The number of hydrogen-bond donors (Lipinski definition) is 1. The number of ether oxygens (including phenoxy) is 1. The first-order valence-corrected chi connectivity index (χ1v) is 19.4. The van der Waals surface area contributed by atoms with E-state index in [-0.39, 0.29) is 18.4 Å². The van der Waals surface area contributed by atoms with Crippen molar-refractivity contribution < 1.29 is 23.4 Å². The van der Waals surface area contributed by atoms with Gasteiger partial charge in [-0.2, -0.15) is 8.78 Å². The van der Waals surface area contributed by atoms with E-state index in [0.29, 0.717) is 41.1 Å². The summed E-state index contributed by atoms with van der Waals surface area (Å²) in [5.41, 5.74) is 5.09. The van der Waals surface area contributed by atoms with Gasteiger partial charge in [0.15, 0.2) is 5.78 Å². The molecule has 55 heavy (non-hydrogen) atoms. The molecule has 0 spiro atoms. The first-order chi connectivity index (χ1) is 26.2. The van der Waals surface area contributed by atoms with Crippen LogP contribution in [-0.4, -0.2) is 80.1 Å². The molecule has 0 saturated carbocycles. The van der Waals surface area contributed by atoms with E-state index in [1.165, 1.54) is 11.1 Å². The molecule has 1 N–H and O–H groups in total. The monoisotopic (exact) mass is 828 g/mol. The maximum atomic E-state index is 13.6. The smallest absolute Gasteiger partial charge is 0.308 e. The van der Waals surface area contributed by atoms with Crippen molar-refractivity contribution in [3.8, 4) is 5.75 Å². The van der Waals surface area contributed by atoms with E-state index in [2.05, 4.69) is 9.80 Å². The first-order valence-electron chi connectivity index (χ1n) is 17.8. The Labute approximate surface area is 343 Å². The summed E-state index contributed by atoms with van der Waals surface area (Å²) in [5, 5.41) is 11.9. The van der Waals surface area contributed by atoms with Crippen molar-refractivity contribution in [2.45, 2.75) is 31.1 Å². The Bertz CT molecular complexity index is 1800. The van der Waals surface area contributed by atoms with Crippen LogP contribution >= 0.6 is 46.4 Å². The largest absolute Gasteiger partial charge is 0.492 e. The minimum absolute atomic E-state index is 0.127. The third kappa shape index (κ3) is 14.5. The van der Waals surface area contributed by atoms with Crippen molar-refractivity contribution in [3.63, 3.8) is 0 Å². The Morgan fingerprint density at radius 1 is 0.618 bits per heavy atom. The van der Waals surface area contributed by atoms with Gasteiger partial charge in [0.25, 0.3) is 0 Å². The summed E-state index contributed by atoms with van der Waals surface area (Å²) < 4.78 is 33.0. The zero-order valence-electron chi connectivity index (χ0n) is 31.1. The molecule has 5 nitrogen and oxygen atoms in total. The number of ketones is 1. The Balaban J connectivity index is 0.000000274. The highest BCUT2D eigenvalue weighted by atomic mass is 35.5. The molecule has 0 amide bonds. The average Bonchev–Trinajstić information content (AvgIpc) is 3.15. The molecule has 0 aliphatic rings. The van der Waals surface area contributed by atoms with E-state index in [1.54, 1.807) is 24.3 Å². The van der Waals surface area contributed by atoms with Crippen LogP contribution in [0.4, 0.5) is 8.78 Å². The van der Waals surface area contributed by atoms with Crippen LogP contribution in [0.2, 0.25) is 20.1 Å². The standard InChI is InChI=1S/C27H27Cl2F2NO2.C17H19Cl2NO/c1-19(33)27(30,31)17-20-3-13-25(14-4-20)34-16-15-32(2)18-26(21-5-9-23(28)10-6-21)22-7-11-24(29)12-8-22;1-20(10-11-21)12-17(13-2-6-15(18)7-3-13)14-4-8-16(19)9-5-14/h3-14,26H,15-18H2,1-2H3;2-9,17,21H,10-12H2,1H3. The van der Waals surface area contributed by atoms with Gasteiger partial charge in [0.1, 0.15) is 12.4 Å². The van der Waals surface area contributed by atoms with Crippen LogP contribution in [-0.2, 0) is 11.2 Å². The first kappa shape index (κ1) is 44.2. The number of aliphatic hydroxyl groups is 1. The van der Waals surface area contributed by atoms with Crippen molar-refractivity contribution in [2.24, 2.45) is 0 Å². The number of benzene rings is 5. The summed E-state index contributed by atoms with van der Waals surface area (Å²) in [6.45, 7) is 4.39. The summed E-state index contributed by atoms with van der Waals surface area (Å²) in [6, 6.07) is 37.9. The summed E-state index contributed by atoms with van der Waals surface area (Å²) in [6.07, 6.45) is -0.609. The molecule has 0 saturated heterocycles. The van der Waals surface area contributed by atoms with Gasteiger partial charge in [-0.25, -0.2) is 0 Å². The number of carbonyl (C=O) groups excluding carboxylic acids is 1. The quantitative estimate of drug-likeness (QED) is 0.101. The normalized spacial score (nSPS) is 11.6. The highest BCUT2D eigenvalue weighted by molar-refractivity contribution is 6.31. The predicted molar refractivity (Wildman–Crippen MR) is 223 cm³/mol. The fourth-order valence-electron chi connectivity index (χ4n) is 5.97. The number of likely N-dealkylation sites (N-methyl/N-ethyl adjacent to an activating group) is 2. The Morgan fingerprint density at radius 3 is 1.29 bits per heavy atom. The molecule has 0 bridgehead atoms. The molecular weight excluding hydrogens is 784 g/mol. The Hall–Kier alpha value is -3.53. The van der Waals surface area contributed by atoms with E-state index in [9.17, 15) is 13.6 Å². The van der Waals surface area contributed by atoms with E-state index in [4.69, 9.17) is 56.2 Å². The van der Waals surface area contributed by atoms with Gasteiger partial charge >= 0.3 is 5.92 Å². The molecule has 5 aromatic carbocycles. The highest BCUT2D eigenvalue weighted by Gasteiger charge is 2.35. The minimum Gasteiger partial charge on any atom is -0.492 e. The average molecular weight is 831 g/mol. The maximum absolute atomic E-state index is 13.6. The molecule has 0 fully saturated rings. The molecular formula is C44H46Cl4F2N2O3. The maximum Gasteiger partial charge on any atom is 0.308 e. The summed E-state index contributed by atoms with van der Waals surface area (Å²) in [5.74, 6) is -3.55. The number of nitrogens with zero attached hydrogens (tertiary/aromatic N) is 2. The third-order valence-corrected chi connectivity index (χ3v) is 10.2. The number of hydrogen-bond acceptors (Lipinski definition) is 5. The molecule has 0 unspecified atom stereocenters. The van der Waals surface area contributed by atoms with Crippen LogP contribution in [0.1, 0.15) is 46.6 Å². The fraction of sp³-hybridized carbons (Fsp3) is 0.295. The van der Waals surface area contributed by atoms with Crippen LogP contribution in [0.25, 0.3) is 0 Å². The van der Waals surface area contributed by atoms with Gasteiger partial charge in [0, 0.05) is 71.4 Å². The summed E-state index contributed by atoms with van der Waals surface area (Å²) in [7, 11) is 4.03. The SMILES string of the molecule is CC(=O)C(F)(F)Cc1ccc(OCCN(C)CC(c2ccc(Cl)cc2)c2ccc(Cl)cc2)cc1.CN(CCO)CC(c1ccc(Cl)cc1)c1ccc(Cl)cc1. The van der Waals surface area contributed by atoms with Crippen molar-refractivity contribution in [2.75, 3.05) is 53.5 Å². The van der Waals surface area contributed by atoms with Gasteiger partial charge in [0.2, 0.25) is 0 Å². The van der Waals surface area contributed by atoms with Crippen molar-refractivity contribution in [1.82, 2.24) is 9.80 Å². The van der Waals surface area contributed by atoms with Gasteiger partial charge in [0.05, 0.1) is 6.61 Å². The molecule has 0 aromatic heterocycles. The lowest BCUT2D eigenvalue weighted by Gasteiger charge is -2.25. The second-order valence-electron chi connectivity index (χ2n) is 13.5. The molecule has 0 aliphatic heterocycles. The summed E-state index contributed by atoms with van der Waals surface area (Å²) in [4.78, 5) is 15.3. The van der Waals surface area contributed by atoms with Crippen molar-refractivity contribution in [3.05, 3.63) is 169 Å². The molecule has 0 radical (unpaired) electrons.